The Hall–Kier alpha value is -2.53. The zero-order valence-corrected chi connectivity index (χ0v) is 15.8. The molecule has 0 unspecified atom stereocenters. The van der Waals surface area contributed by atoms with Crippen LogP contribution >= 0.6 is 0 Å². The van der Waals surface area contributed by atoms with E-state index in [2.05, 4.69) is 34.2 Å². The van der Waals surface area contributed by atoms with Crippen molar-refractivity contribution in [3.8, 4) is 0 Å². The van der Waals surface area contributed by atoms with Crippen molar-refractivity contribution in [3.63, 3.8) is 0 Å². The van der Waals surface area contributed by atoms with Crippen LogP contribution in [0.3, 0.4) is 0 Å². The Balaban J connectivity index is 1.60. The van der Waals surface area contributed by atoms with Crippen LogP contribution in [0.4, 0.5) is 11.4 Å². The van der Waals surface area contributed by atoms with Crippen molar-refractivity contribution in [2.45, 2.75) is 20.8 Å². The van der Waals surface area contributed by atoms with E-state index >= 15 is 0 Å². The van der Waals surface area contributed by atoms with Crippen molar-refractivity contribution in [2.24, 2.45) is 0 Å². The van der Waals surface area contributed by atoms with Crippen LogP contribution in [-0.2, 0) is 4.79 Å². The Bertz CT molecular complexity index is 786. The van der Waals surface area contributed by atoms with Gasteiger partial charge in [0.15, 0.2) is 0 Å². The van der Waals surface area contributed by atoms with Crippen molar-refractivity contribution in [3.05, 3.63) is 53.5 Å². The number of nitrogens with one attached hydrogen (secondary N) is 1. The van der Waals surface area contributed by atoms with E-state index in [4.69, 9.17) is 4.42 Å². The Labute approximate surface area is 155 Å². The molecule has 0 atom stereocenters. The normalized spacial score (nSPS) is 15.6. The van der Waals surface area contributed by atoms with Gasteiger partial charge in [0.05, 0.1) is 0 Å². The molecule has 5 heteroatoms. The minimum atomic E-state index is -0.161. The van der Waals surface area contributed by atoms with Crippen LogP contribution in [0.1, 0.15) is 24.0 Å². The lowest BCUT2D eigenvalue weighted by Crippen LogP contribution is -2.46. The second-order valence-corrected chi connectivity index (χ2v) is 6.69. The minimum Gasteiger partial charge on any atom is -0.462 e. The quantitative estimate of drug-likeness (QED) is 0.833. The molecule has 0 aliphatic carbocycles. The van der Waals surface area contributed by atoms with Crippen LogP contribution in [0, 0.1) is 13.8 Å². The maximum atomic E-state index is 12.1. The number of anilines is 2. The molecule has 1 N–H and O–H groups in total. The van der Waals surface area contributed by atoms with Gasteiger partial charge in [0.1, 0.15) is 11.5 Å². The average Bonchev–Trinajstić information content (AvgIpc) is 3.07. The summed E-state index contributed by atoms with van der Waals surface area (Å²) in [7, 11) is 0. The number of hydrogen-bond donors (Lipinski definition) is 1. The third kappa shape index (κ3) is 4.55. The van der Waals surface area contributed by atoms with E-state index in [1.165, 1.54) is 11.8 Å². The molecule has 0 radical (unpaired) electrons. The number of piperazine rings is 1. The van der Waals surface area contributed by atoms with Crippen LogP contribution in [0.2, 0.25) is 0 Å². The van der Waals surface area contributed by atoms with Gasteiger partial charge in [-0.25, -0.2) is 0 Å². The van der Waals surface area contributed by atoms with Crippen LogP contribution in [-0.4, -0.2) is 43.5 Å². The fourth-order valence-electron chi connectivity index (χ4n) is 3.18. The van der Waals surface area contributed by atoms with Crippen molar-refractivity contribution in [2.75, 3.05) is 42.9 Å². The smallest absolute Gasteiger partial charge is 0.248 e. The first-order chi connectivity index (χ1) is 12.5. The van der Waals surface area contributed by atoms with E-state index in [1.54, 1.807) is 6.08 Å². The highest BCUT2D eigenvalue weighted by Crippen LogP contribution is 2.24. The van der Waals surface area contributed by atoms with Gasteiger partial charge in [0.25, 0.3) is 0 Å². The second-order valence-electron chi connectivity index (χ2n) is 6.69. The molecule has 0 saturated carbocycles. The Morgan fingerprint density at radius 3 is 2.54 bits per heavy atom. The van der Waals surface area contributed by atoms with Gasteiger partial charge in [-0.15, -0.1) is 0 Å². The van der Waals surface area contributed by atoms with Crippen LogP contribution in [0.15, 0.2) is 40.8 Å². The summed E-state index contributed by atoms with van der Waals surface area (Å²) in [6, 6.07) is 9.94. The van der Waals surface area contributed by atoms with Gasteiger partial charge in [-0.1, -0.05) is 6.92 Å². The van der Waals surface area contributed by atoms with Gasteiger partial charge < -0.3 is 19.5 Å². The number of furan rings is 1. The molecule has 1 aromatic carbocycles. The monoisotopic (exact) mass is 353 g/mol. The average molecular weight is 353 g/mol. The fraction of sp³-hybridized carbons (Fsp3) is 0.381. The molecule has 138 valence electrons. The van der Waals surface area contributed by atoms with Gasteiger partial charge in [0, 0.05) is 43.6 Å². The molecule has 5 nitrogen and oxygen atoms in total. The highest BCUT2D eigenvalue weighted by Gasteiger charge is 2.16. The molecule has 1 aliphatic heterocycles. The molecule has 1 saturated heterocycles. The van der Waals surface area contributed by atoms with Gasteiger partial charge in [0.2, 0.25) is 5.91 Å². The number of benzene rings is 1. The van der Waals surface area contributed by atoms with Crippen LogP contribution < -0.4 is 10.2 Å². The first-order valence-electron chi connectivity index (χ1n) is 9.18. The molecule has 1 aliphatic rings. The molecule has 2 heterocycles. The van der Waals surface area contributed by atoms with Gasteiger partial charge in [-0.3, -0.25) is 4.79 Å². The molecule has 3 rings (SSSR count). The number of likely N-dealkylation sites (N-methyl/N-ethyl adjacent to an activating group) is 1. The molecular weight excluding hydrogens is 326 g/mol. The predicted molar refractivity (Wildman–Crippen MR) is 107 cm³/mol. The molecule has 26 heavy (non-hydrogen) atoms. The maximum Gasteiger partial charge on any atom is 0.248 e. The SMILES string of the molecule is CCN1CCN(c2ccc(NC(=O)/C=C/c3ccc(C)o3)c(C)c2)CC1. The molecule has 1 fully saturated rings. The summed E-state index contributed by atoms with van der Waals surface area (Å²) in [4.78, 5) is 17.0. The number of carbonyl (C=O) groups is 1. The zero-order chi connectivity index (χ0) is 18.5. The fourth-order valence-corrected chi connectivity index (χ4v) is 3.18. The molecule has 0 spiro atoms. The third-order valence-electron chi connectivity index (χ3n) is 4.81. The summed E-state index contributed by atoms with van der Waals surface area (Å²) >= 11 is 0. The van der Waals surface area contributed by atoms with E-state index in [0.29, 0.717) is 5.76 Å². The van der Waals surface area contributed by atoms with E-state index < -0.39 is 0 Å². The van der Waals surface area contributed by atoms with Crippen LogP contribution in [0.5, 0.6) is 0 Å². The summed E-state index contributed by atoms with van der Waals surface area (Å²) in [5.74, 6) is 1.35. The summed E-state index contributed by atoms with van der Waals surface area (Å²) in [5, 5.41) is 2.94. The number of aryl methyl sites for hydroxylation is 2. The largest absolute Gasteiger partial charge is 0.462 e. The number of rotatable bonds is 5. The Morgan fingerprint density at radius 2 is 1.92 bits per heavy atom. The van der Waals surface area contributed by atoms with Crippen molar-refractivity contribution in [1.82, 2.24) is 4.90 Å². The summed E-state index contributed by atoms with van der Waals surface area (Å²) in [5.41, 5.74) is 3.13. The van der Waals surface area contributed by atoms with E-state index in [-0.39, 0.29) is 5.91 Å². The maximum absolute atomic E-state index is 12.1. The number of carbonyl (C=O) groups excluding carboxylic acids is 1. The summed E-state index contributed by atoms with van der Waals surface area (Å²) in [6.45, 7) is 11.5. The lowest BCUT2D eigenvalue weighted by Gasteiger charge is -2.35. The first kappa shape index (κ1) is 18.3. The predicted octanol–water partition coefficient (Wildman–Crippen LogP) is 3.69. The highest BCUT2D eigenvalue weighted by atomic mass is 16.3. The van der Waals surface area contributed by atoms with Gasteiger partial charge >= 0.3 is 0 Å². The van der Waals surface area contributed by atoms with Gasteiger partial charge in [-0.2, -0.15) is 0 Å². The minimum absolute atomic E-state index is 0.161. The molecule has 1 amide bonds. The lowest BCUT2D eigenvalue weighted by atomic mass is 10.1. The van der Waals surface area contributed by atoms with E-state index in [1.807, 2.05) is 32.0 Å². The number of nitrogens with zero attached hydrogens (tertiary/aromatic N) is 2. The van der Waals surface area contributed by atoms with E-state index in [9.17, 15) is 4.79 Å². The van der Waals surface area contributed by atoms with Crippen LogP contribution in [0.25, 0.3) is 6.08 Å². The lowest BCUT2D eigenvalue weighted by molar-refractivity contribution is -0.111. The standard InChI is InChI=1S/C21H27N3O2/c1-4-23-11-13-24(14-12-23)18-6-9-20(16(2)15-18)22-21(25)10-8-19-7-5-17(3)26-19/h5-10,15H,4,11-14H2,1-3H3,(H,22,25)/b10-8+. The van der Waals surface area contributed by atoms with Crippen molar-refractivity contribution in [1.29, 1.82) is 0 Å². The second kappa shape index (κ2) is 8.23. The number of hydrogen-bond acceptors (Lipinski definition) is 4. The molecule has 2 aromatic rings. The van der Waals surface area contributed by atoms with E-state index in [0.717, 1.165) is 49.7 Å². The molecule has 1 aromatic heterocycles. The highest BCUT2D eigenvalue weighted by molar-refractivity contribution is 6.02. The Kier molecular flexibility index (Phi) is 5.78. The Morgan fingerprint density at radius 1 is 1.15 bits per heavy atom. The summed E-state index contributed by atoms with van der Waals surface area (Å²) < 4.78 is 5.43. The van der Waals surface area contributed by atoms with Crippen molar-refractivity contribution < 1.29 is 9.21 Å². The number of amides is 1. The van der Waals surface area contributed by atoms with Crippen molar-refractivity contribution >= 4 is 23.4 Å². The molecule has 0 bridgehead atoms. The third-order valence-corrected chi connectivity index (χ3v) is 4.81. The topological polar surface area (TPSA) is 48.7 Å². The summed E-state index contributed by atoms with van der Waals surface area (Å²) in [6.07, 6.45) is 3.18. The molecular formula is C21H27N3O2. The first-order valence-corrected chi connectivity index (χ1v) is 9.18. The van der Waals surface area contributed by atoms with Gasteiger partial charge in [-0.05, 0) is 62.4 Å². The zero-order valence-electron chi connectivity index (χ0n) is 15.8.